The molecule has 6 rings (SSSR count). The number of hydrogen-bond donors (Lipinski definition) is 1. The average Bonchev–Trinajstić information content (AvgIpc) is 2.77. The number of nitrogens with one attached hydrogen (secondary N) is 1. The Kier molecular flexibility index (Phi) is 5.17. The van der Waals surface area contributed by atoms with E-state index in [0.29, 0.717) is 5.56 Å². The number of carbonyl (C=O) groups is 2. The SMILES string of the molecule is COc1ccc(C=CC(=O)c2ccc(NC(=O)C34CC5CC(CC(C5)C3)C4)cc2)cc1. The Balaban J connectivity index is 1.22. The molecule has 4 heteroatoms. The first kappa shape index (κ1) is 20.0. The van der Waals surface area contributed by atoms with Crippen LogP contribution in [0.25, 0.3) is 6.08 Å². The Labute approximate surface area is 183 Å². The molecule has 0 spiro atoms. The van der Waals surface area contributed by atoms with Gasteiger partial charge in [0.15, 0.2) is 5.78 Å². The van der Waals surface area contributed by atoms with Crippen LogP contribution in [0.15, 0.2) is 54.6 Å². The normalized spacial score (nSPS) is 28.6. The van der Waals surface area contributed by atoms with E-state index < -0.39 is 0 Å². The summed E-state index contributed by atoms with van der Waals surface area (Å²) in [6.07, 6.45) is 10.5. The summed E-state index contributed by atoms with van der Waals surface area (Å²) in [5.41, 5.74) is 2.16. The van der Waals surface area contributed by atoms with Crippen LogP contribution in [0.4, 0.5) is 5.69 Å². The summed E-state index contributed by atoms with van der Waals surface area (Å²) in [6, 6.07) is 14.8. The van der Waals surface area contributed by atoms with Gasteiger partial charge < -0.3 is 10.1 Å². The Bertz CT molecular complexity index is 968. The number of anilines is 1. The maximum atomic E-state index is 13.2. The lowest BCUT2D eigenvalue weighted by Gasteiger charge is -2.55. The van der Waals surface area contributed by atoms with Crippen molar-refractivity contribution in [1.82, 2.24) is 0 Å². The number of benzene rings is 2. The van der Waals surface area contributed by atoms with E-state index >= 15 is 0 Å². The van der Waals surface area contributed by atoms with E-state index in [1.54, 1.807) is 31.4 Å². The molecule has 0 aliphatic heterocycles. The fraction of sp³-hybridized carbons (Fsp3) is 0.407. The topological polar surface area (TPSA) is 55.4 Å². The molecule has 4 saturated carbocycles. The highest BCUT2D eigenvalue weighted by Crippen LogP contribution is 2.60. The maximum absolute atomic E-state index is 13.2. The van der Waals surface area contributed by atoms with Gasteiger partial charge >= 0.3 is 0 Å². The molecule has 31 heavy (non-hydrogen) atoms. The van der Waals surface area contributed by atoms with Crippen molar-refractivity contribution in [3.05, 3.63) is 65.7 Å². The zero-order valence-electron chi connectivity index (χ0n) is 18.0. The van der Waals surface area contributed by atoms with Gasteiger partial charge in [0.05, 0.1) is 12.5 Å². The molecule has 4 aliphatic rings. The molecule has 2 aromatic carbocycles. The van der Waals surface area contributed by atoms with E-state index in [4.69, 9.17) is 4.74 Å². The number of allylic oxidation sites excluding steroid dienone is 1. The van der Waals surface area contributed by atoms with Gasteiger partial charge in [0.1, 0.15) is 5.75 Å². The maximum Gasteiger partial charge on any atom is 0.230 e. The second-order valence-electron chi connectivity index (χ2n) is 9.70. The molecule has 4 bridgehead atoms. The van der Waals surface area contributed by atoms with Crippen LogP contribution >= 0.6 is 0 Å². The van der Waals surface area contributed by atoms with Gasteiger partial charge in [-0.05, 0) is 104 Å². The standard InChI is InChI=1S/C27H29NO3/c1-31-24-9-2-18(3-10-24)4-11-25(29)22-5-7-23(8-6-22)28-26(30)27-15-19-12-20(16-27)14-21(13-19)17-27/h2-11,19-21H,12-17H2,1H3,(H,28,30). The number of ketones is 1. The molecule has 0 atom stereocenters. The number of carbonyl (C=O) groups excluding carboxylic acids is 2. The summed E-state index contributed by atoms with van der Waals surface area (Å²) in [6.45, 7) is 0. The summed E-state index contributed by atoms with van der Waals surface area (Å²) in [5, 5.41) is 3.15. The predicted molar refractivity (Wildman–Crippen MR) is 122 cm³/mol. The van der Waals surface area contributed by atoms with E-state index in [-0.39, 0.29) is 17.1 Å². The minimum Gasteiger partial charge on any atom is -0.497 e. The zero-order valence-corrected chi connectivity index (χ0v) is 18.0. The Hall–Kier alpha value is -2.88. The van der Waals surface area contributed by atoms with Crippen LogP contribution in [-0.4, -0.2) is 18.8 Å². The largest absolute Gasteiger partial charge is 0.497 e. The summed E-state index contributed by atoms with van der Waals surface area (Å²) in [5.74, 6) is 3.15. The summed E-state index contributed by atoms with van der Waals surface area (Å²) in [4.78, 5) is 25.7. The van der Waals surface area contributed by atoms with E-state index in [9.17, 15) is 9.59 Å². The number of amides is 1. The Morgan fingerprint density at radius 2 is 1.48 bits per heavy atom. The Morgan fingerprint density at radius 1 is 0.903 bits per heavy atom. The number of hydrogen-bond acceptors (Lipinski definition) is 3. The molecule has 4 fully saturated rings. The smallest absolute Gasteiger partial charge is 0.230 e. The van der Waals surface area contributed by atoms with Gasteiger partial charge in [-0.15, -0.1) is 0 Å². The highest BCUT2D eigenvalue weighted by atomic mass is 16.5. The fourth-order valence-corrected chi connectivity index (χ4v) is 6.35. The summed E-state index contributed by atoms with van der Waals surface area (Å²) in [7, 11) is 1.63. The molecule has 1 N–H and O–H groups in total. The molecule has 0 radical (unpaired) electrons. The predicted octanol–water partition coefficient (Wildman–Crippen LogP) is 5.75. The van der Waals surface area contributed by atoms with E-state index in [1.807, 2.05) is 36.4 Å². The third-order valence-corrected chi connectivity index (χ3v) is 7.49. The van der Waals surface area contributed by atoms with Crippen LogP contribution in [0, 0.1) is 23.2 Å². The third kappa shape index (κ3) is 4.04. The van der Waals surface area contributed by atoms with Crippen LogP contribution in [-0.2, 0) is 4.79 Å². The quantitative estimate of drug-likeness (QED) is 0.483. The van der Waals surface area contributed by atoms with Crippen LogP contribution < -0.4 is 10.1 Å². The highest BCUT2D eigenvalue weighted by molar-refractivity contribution is 6.07. The van der Waals surface area contributed by atoms with Crippen LogP contribution in [0.5, 0.6) is 5.75 Å². The van der Waals surface area contributed by atoms with Crippen molar-refractivity contribution < 1.29 is 14.3 Å². The van der Waals surface area contributed by atoms with Gasteiger partial charge in [-0.25, -0.2) is 0 Å². The second kappa shape index (κ2) is 7.99. The highest BCUT2D eigenvalue weighted by Gasteiger charge is 2.54. The van der Waals surface area contributed by atoms with Crippen molar-refractivity contribution in [3.8, 4) is 5.75 Å². The lowest BCUT2D eigenvalue weighted by Crippen LogP contribution is -2.51. The van der Waals surface area contributed by atoms with Gasteiger partial charge in [0.25, 0.3) is 0 Å². The van der Waals surface area contributed by atoms with E-state index in [0.717, 1.165) is 54.0 Å². The minimum atomic E-state index is -0.162. The molecular weight excluding hydrogens is 386 g/mol. The van der Waals surface area contributed by atoms with E-state index in [2.05, 4.69) is 5.32 Å². The summed E-state index contributed by atoms with van der Waals surface area (Å²) < 4.78 is 5.15. The molecule has 0 saturated heterocycles. The summed E-state index contributed by atoms with van der Waals surface area (Å²) >= 11 is 0. The first-order valence-corrected chi connectivity index (χ1v) is 11.3. The van der Waals surface area contributed by atoms with Crippen LogP contribution in [0.3, 0.4) is 0 Å². The Morgan fingerprint density at radius 3 is 2.03 bits per heavy atom. The number of ether oxygens (including phenoxy) is 1. The monoisotopic (exact) mass is 415 g/mol. The lowest BCUT2D eigenvalue weighted by molar-refractivity contribution is -0.140. The van der Waals surface area contributed by atoms with Gasteiger partial charge in [0.2, 0.25) is 5.91 Å². The first-order chi connectivity index (χ1) is 15.0. The molecule has 4 aliphatic carbocycles. The van der Waals surface area contributed by atoms with Crippen LogP contribution in [0.1, 0.15) is 54.4 Å². The molecule has 0 unspecified atom stereocenters. The lowest BCUT2D eigenvalue weighted by atomic mass is 9.49. The van der Waals surface area contributed by atoms with Gasteiger partial charge in [-0.1, -0.05) is 18.2 Å². The average molecular weight is 416 g/mol. The molecule has 4 nitrogen and oxygen atoms in total. The first-order valence-electron chi connectivity index (χ1n) is 11.3. The third-order valence-electron chi connectivity index (χ3n) is 7.49. The second-order valence-corrected chi connectivity index (χ2v) is 9.70. The van der Waals surface area contributed by atoms with E-state index in [1.165, 1.54) is 19.3 Å². The van der Waals surface area contributed by atoms with Crippen molar-refractivity contribution in [1.29, 1.82) is 0 Å². The zero-order chi connectivity index (χ0) is 21.4. The van der Waals surface area contributed by atoms with Crippen molar-refractivity contribution in [2.45, 2.75) is 38.5 Å². The van der Waals surface area contributed by atoms with Crippen LogP contribution in [0.2, 0.25) is 0 Å². The molecule has 160 valence electrons. The van der Waals surface area contributed by atoms with Crippen molar-refractivity contribution in [2.75, 3.05) is 12.4 Å². The molecule has 1 amide bonds. The molecule has 0 heterocycles. The minimum absolute atomic E-state index is 0.0604. The fourth-order valence-electron chi connectivity index (χ4n) is 6.35. The van der Waals surface area contributed by atoms with Crippen molar-refractivity contribution in [3.63, 3.8) is 0 Å². The molecular formula is C27H29NO3. The number of rotatable bonds is 6. The van der Waals surface area contributed by atoms with Gasteiger partial charge in [0, 0.05) is 11.3 Å². The van der Waals surface area contributed by atoms with Gasteiger partial charge in [-0.3, -0.25) is 9.59 Å². The van der Waals surface area contributed by atoms with Gasteiger partial charge in [-0.2, -0.15) is 0 Å². The van der Waals surface area contributed by atoms with Crippen molar-refractivity contribution >= 4 is 23.5 Å². The van der Waals surface area contributed by atoms with Crippen molar-refractivity contribution in [2.24, 2.45) is 23.2 Å². The number of methoxy groups -OCH3 is 1. The molecule has 0 aromatic heterocycles. The molecule has 2 aromatic rings.